The second kappa shape index (κ2) is 3.29. The van der Waals surface area contributed by atoms with Crippen LogP contribution < -0.4 is 0 Å². The Kier molecular flexibility index (Phi) is 1.84. The number of rotatable bonds is 0. The molecule has 3 aromatic rings. The van der Waals surface area contributed by atoms with Gasteiger partial charge in [0, 0.05) is 28.2 Å². The molecule has 0 amide bonds. The highest BCUT2D eigenvalue weighted by molar-refractivity contribution is 8.01. The summed E-state index contributed by atoms with van der Waals surface area (Å²) in [6.07, 6.45) is 0.289. The molecule has 4 heteroatoms. The van der Waals surface area contributed by atoms with Crippen LogP contribution in [0.25, 0.3) is 21.8 Å². The molecule has 2 aromatic carbocycles. The first-order valence-electron chi connectivity index (χ1n) is 5.72. The SMILES string of the molecule is O=C1Cc2ccc3[nH]c4ccccc4c3c2S1=O. The zero-order chi connectivity index (χ0) is 12.3. The lowest BCUT2D eigenvalue weighted by molar-refractivity contribution is -0.110. The highest BCUT2D eigenvalue weighted by atomic mass is 32.2. The average Bonchev–Trinajstić information content (AvgIpc) is 2.88. The number of carbonyl (C=O) groups is 1. The lowest BCUT2D eigenvalue weighted by Crippen LogP contribution is -1.98. The van der Waals surface area contributed by atoms with Crippen LogP contribution >= 0.6 is 0 Å². The zero-order valence-electron chi connectivity index (χ0n) is 9.40. The van der Waals surface area contributed by atoms with E-state index in [9.17, 15) is 9.00 Å². The second-order valence-corrected chi connectivity index (χ2v) is 5.87. The van der Waals surface area contributed by atoms with Crippen LogP contribution in [0.5, 0.6) is 0 Å². The van der Waals surface area contributed by atoms with E-state index in [1.165, 1.54) is 0 Å². The Labute approximate surface area is 105 Å². The van der Waals surface area contributed by atoms with Crippen molar-refractivity contribution in [2.24, 2.45) is 0 Å². The summed E-state index contributed by atoms with van der Waals surface area (Å²) in [6, 6.07) is 11.8. The third kappa shape index (κ3) is 1.13. The smallest absolute Gasteiger partial charge is 0.228 e. The molecule has 0 fully saturated rings. The highest BCUT2D eigenvalue weighted by Gasteiger charge is 2.29. The van der Waals surface area contributed by atoms with Crippen LogP contribution in [-0.2, 0) is 22.0 Å². The first kappa shape index (κ1) is 10.0. The quantitative estimate of drug-likeness (QED) is 0.671. The van der Waals surface area contributed by atoms with Crippen LogP contribution in [0, 0.1) is 0 Å². The number of carbonyl (C=O) groups excluding carboxylic acids is 1. The summed E-state index contributed by atoms with van der Waals surface area (Å²) in [5, 5.41) is 1.78. The molecule has 0 bridgehead atoms. The lowest BCUT2D eigenvalue weighted by atomic mass is 10.1. The number of nitrogens with one attached hydrogen (secondary N) is 1. The Morgan fingerprint density at radius 3 is 2.78 bits per heavy atom. The fourth-order valence-electron chi connectivity index (χ4n) is 2.64. The third-order valence-corrected chi connectivity index (χ3v) is 4.83. The molecule has 0 saturated carbocycles. The largest absolute Gasteiger partial charge is 0.354 e. The Bertz CT molecular complexity index is 847. The minimum atomic E-state index is -1.51. The summed E-state index contributed by atoms with van der Waals surface area (Å²) >= 11 is 0. The molecular formula is C14H9NO2S. The molecule has 2 heterocycles. The minimum Gasteiger partial charge on any atom is -0.354 e. The van der Waals surface area contributed by atoms with Crippen molar-refractivity contribution in [1.29, 1.82) is 0 Å². The number of aromatic amines is 1. The van der Waals surface area contributed by atoms with Crippen molar-refractivity contribution in [2.45, 2.75) is 11.3 Å². The summed E-state index contributed by atoms with van der Waals surface area (Å²) < 4.78 is 12.1. The predicted octanol–water partition coefficient (Wildman–Crippen LogP) is 2.51. The molecule has 1 atom stereocenters. The Hall–Kier alpha value is -1.94. The van der Waals surface area contributed by atoms with Crippen molar-refractivity contribution in [3.63, 3.8) is 0 Å². The topological polar surface area (TPSA) is 49.9 Å². The van der Waals surface area contributed by atoms with Crippen LogP contribution in [0.3, 0.4) is 0 Å². The van der Waals surface area contributed by atoms with Gasteiger partial charge in [0.15, 0.2) is 0 Å². The van der Waals surface area contributed by atoms with E-state index in [1.807, 2.05) is 36.4 Å². The van der Waals surface area contributed by atoms with E-state index in [4.69, 9.17) is 0 Å². The number of aromatic nitrogens is 1. The van der Waals surface area contributed by atoms with Crippen molar-refractivity contribution >= 4 is 37.7 Å². The van der Waals surface area contributed by atoms with Crippen LogP contribution in [0.15, 0.2) is 41.3 Å². The van der Waals surface area contributed by atoms with Crippen molar-refractivity contribution in [3.8, 4) is 0 Å². The maximum absolute atomic E-state index is 12.1. The summed E-state index contributed by atoms with van der Waals surface area (Å²) in [4.78, 5) is 15.6. The standard InChI is InChI=1S/C14H9NO2S/c16-12-7-8-5-6-11-13(14(8)18(12)17)9-3-1-2-4-10(9)15-11/h1-6,15H,7H2. The first-order valence-corrected chi connectivity index (χ1v) is 6.87. The van der Waals surface area contributed by atoms with Gasteiger partial charge in [-0.3, -0.25) is 4.79 Å². The molecule has 88 valence electrons. The van der Waals surface area contributed by atoms with Gasteiger partial charge >= 0.3 is 0 Å². The molecule has 0 radical (unpaired) electrons. The van der Waals surface area contributed by atoms with Crippen LogP contribution in [0.4, 0.5) is 0 Å². The van der Waals surface area contributed by atoms with Gasteiger partial charge in [-0.1, -0.05) is 24.3 Å². The van der Waals surface area contributed by atoms with Crippen molar-refractivity contribution in [2.75, 3.05) is 0 Å². The number of hydrogen-bond acceptors (Lipinski definition) is 2. The maximum atomic E-state index is 12.1. The van der Waals surface area contributed by atoms with E-state index in [1.54, 1.807) is 0 Å². The second-order valence-electron chi connectivity index (χ2n) is 4.46. The van der Waals surface area contributed by atoms with E-state index >= 15 is 0 Å². The van der Waals surface area contributed by atoms with E-state index in [0.717, 1.165) is 27.4 Å². The van der Waals surface area contributed by atoms with E-state index in [2.05, 4.69) is 4.98 Å². The molecular weight excluding hydrogens is 246 g/mol. The van der Waals surface area contributed by atoms with Gasteiger partial charge in [0.2, 0.25) is 5.12 Å². The number of para-hydroxylation sites is 1. The van der Waals surface area contributed by atoms with E-state index < -0.39 is 10.8 Å². The Morgan fingerprint density at radius 1 is 1.06 bits per heavy atom. The number of H-pyrrole nitrogens is 1. The van der Waals surface area contributed by atoms with Crippen LogP contribution in [0.1, 0.15) is 5.56 Å². The normalized spacial score (nSPS) is 18.7. The lowest BCUT2D eigenvalue weighted by Gasteiger charge is -1.99. The molecule has 1 aliphatic heterocycles. The van der Waals surface area contributed by atoms with E-state index in [0.29, 0.717) is 4.90 Å². The molecule has 3 nitrogen and oxygen atoms in total. The van der Waals surface area contributed by atoms with Gasteiger partial charge in [-0.25, -0.2) is 4.21 Å². The minimum absolute atomic E-state index is 0.192. The Balaban J connectivity index is 2.27. The van der Waals surface area contributed by atoms with Gasteiger partial charge < -0.3 is 4.98 Å². The van der Waals surface area contributed by atoms with E-state index in [-0.39, 0.29) is 11.5 Å². The number of hydrogen-bond donors (Lipinski definition) is 1. The molecule has 0 saturated heterocycles. The molecule has 4 rings (SSSR count). The van der Waals surface area contributed by atoms with Gasteiger partial charge in [-0.2, -0.15) is 0 Å². The summed E-state index contributed by atoms with van der Waals surface area (Å²) in [5.74, 6) is 0. The molecule has 1 aromatic heterocycles. The summed E-state index contributed by atoms with van der Waals surface area (Å²) in [5.41, 5.74) is 2.85. The molecule has 0 spiro atoms. The molecule has 1 unspecified atom stereocenters. The first-order chi connectivity index (χ1) is 8.75. The van der Waals surface area contributed by atoms with Crippen molar-refractivity contribution in [3.05, 3.63) is 42.0 Å². The Morgan fingerprint density at radius 2 is 1.89 bits per heavy atom. The number of benzene rings is 2. The van der Waals surface area contributed by atoms with Crippen LogP contribution in [-0.4, -0.2) is 14.3 Å². The molecule has 1 N–H and O–H groups in total. The molecule has 18 heavy (non-hydrogen) atoms. The van der Waals surface area contributed by atoms with Crippen LogP contribution in [0.2, 0.25) is 0 Å². The summed E-state index contributed by atoms with van der Waals surface area (Å²) in [6.45, 7) is 0. The van der Waals surface area contributed by atoms with Crippen molar-refractivity contribution in [1.82, 2.24) is 4.98 Å². The fourth-order valence-corrected chi connectivity index (χ4v) is 3.94. The zero-order valence-corrected chi connectivity index (χ0v) is 10.2. The monoisotopic (exact) mass is 255 g/mol. The maximum Gasteiger partial charge on any atom is 0.228 e. The molecule has 0 aliphatic carbocycles. The van der Waals surface area contributed by atoms with Gasteiger partial charge in [-0.15, -0.1) is 0 Å². The number of fused-ring (bicyclic) bond motifs is 5. The van der Waals surface area contributed by atoms with Crippen molar-refractivity contribution < 1.29 is 9.00 Å². The third-order valence-electron chi connectivity index (χ3n) is 3.43. The van der Waals surface area contributed by atoms with Gasteiger partial charge in [0.1, 0.15) is 10.8 Å². The fraction of sp³-hybridized carbons (Fsp3) is 0.0714. The highest BCUT2D eigenvalue weighted by Crippen LogP contribution is 2.36. The summed E-state index contributed by atoms with van der Waals surface area (Å²) in [7, 11) is -1.51. The van der Waals surface area contributed by atoms with Gasteiger partial charge in [0.05, 0.1) is 4.90 Å². The predicted molar refractivity (Wildman–Crippen MR) is 70.9 cm³/mol. The van der Waals surface area contributed by atoms with Gasteiger partial charge in [-0.05, 0) is 17.7 Å². The van der Waals surface area contributed by atoms with Gasteiger partial charge in [0.25, 0.3) is 0 Å². The molecule has 1 aliphatic rings. The average molecular weight is 255 g/mol.